The van der Waals surface area contributed by atoms with E-state index >= 15 is 0 Å². The van der Waals surface area contributed by atoms with Crippen LogP contribution in [-0.4, -0.2) is 9.97 Å². The Kier molecular flexibility index (Phi) is 3.98. The predicted octanol–water partition coefficient (Wildman–Crippen LogP) is 3.56. The number of para-hydroxylation sites is 2. The van der Waals surface area contributed by atoms with E-state index < -0.39 is 0 Å². The van der Waals surface area contributed by atoms with Gasteiger partial charge in [-0.3, -0.25) is 4.79 Å². The third-order valence-electron chi connectivity index (χ3n) is 2.99. The summed E-state index contributed by atoms with van der Waals surface area (Å²) < 4.78 is 0.921. The first-order valence-corrected chi connectivity index (χ1v) is 8.07. The highest BCUT2D eigenvalue weighted by atomic mass is 79.9. The number of anilines is 1. The van der Waals surface area contributed by atoms with Crippen LogP contribution in [0.3, 0.4) is 0 Å². The Balaban J connectivity index is 1.88. The van der Waals surface area contributed by atoms with E-state index in [0.717, 1.165) is 20.4 Å². The largest absolute Gasteiger partial charge is 0.399 e. The highest BCUT2D eigenvalue weighted by molar-refractivity contribution is 9.10. The minimum atomic E-state index is -0.146. The number of nitrogen functional groups attached to an aromatic ring is 1. The summed E-state index contributed by atoms with van der Waals surface area (Å²) in [5.41, 5.74) is 8.34. The molecule has 21 heavy (non-hydrogen) atoms. The van der Waals surface area contributed by atoms with Gasteiger partial charge in [0, 0.05) is 20.8 Å². The van der Waals surface area contributed by atoms with Gasteiger partial charge in [0.2, 0.25) is 0 Å². The molecule has 4 nitrogen and oxygen atoms in total. The van der Waals surface area contributed by atoms with Crippen LogP contribution in [0.2, 0.25) is 0 Å². The average molecular weight is 362 g/mol. The molecule has 1 aromatic heterocycles. The fraction of sp³-hybridized carbons (Fsp3) is 0.0667. The number of rotatable bonds is 3. The number of halogens is 1. The Hall–Kier alpha value is -1.79. The van der Waals surface area contributed by atoms with Crippen LogP contribution in [0.4, 0.5) is 5.69 Å². The summed E-state index contributed by atoms with van der Waals surface area (Å²) in [5, 5.41) is 0. The van der Waals surface area contributed by atoms with Crippen LogP contribution in [-0.2, 0) is 5.75 Å². The Morgan fingerprint density at radius 1 is 1.24 bits per heavy atom. The standard InChI is InChI=1S/C15H12BrN3OS/c16-10-7-9(17)5-6-14(10)21-8-13-15(20)19-12-4-2-1-3-11(12)18-13/h1-7H,8,17H2,(H,19,20). The molecule has 0 aliphatic carbocycles. The molecule has 1 heterocycles. The fourth-order valence-corrected chi connectivity index (χ4v) is 3.53. The zero-order valence-corrected chi connectivity index (χ0v) is 13.4. The number of benzene rings is 2. The van der Waals surface area contributed by atoms with Gasteiger partial charge in [0.25, 0.3) is 5.56 Å². The molecule has 3 aromatic rings. The molecule has 0 fully saturated rings. The molecule has 6 heteroatoms. The van der Waals surface area contributed by atoms with Gasteiger partial charge in [0.05, 0.1) is 11.0 Å². The lowest BCUT2D eigenvalue weighted by molar-refractivity contribution is 1.10. The Labute approximate surface area is 133 Å². The van der Waals surface area contributed by atoms with Gasteiger partial charge in [-0.15, -0.1) is 11.8 Å². The van der Waals surface area contributed by atoms with E-state index in [4.69, 9.17) is 5.73 Å². The van der Waals surface area contributed by atoms with Crippen molar-refractivity contribution < 1.29 is 0 Å². The number of aromatic nitrogens is 2. The summed E-state index contributed by atoms with van der Waals surface area (Å²) in [6.45, 7) is 0. The lowest BCUT2D eigenvalue weighted by Crippen LogP contribution is -2.14. The van der Waals surface area contributed by atoms with Gasteiger partial charge in [-0.1, -0.05) is 12.1 Å². The second-order valence-electron chi connectivity index (χ2n) is 4.51. The minimum Gasteiger partial charge on any atom is -0.399 e. The Bertz CT molecular complexity index is 863. The lowest BCUT2D eigenvalue weighted by atomic mass is 10.3. The number of nitrogens with one attached hydrogen (secondary N) is 1. The number of hydrogen-bond donors (Lipinski definition) is 2. The molecule has 0 saturated carbocycles. The summed E-state index contributed by atoms with van der Waals surface area (Å²) in [5.74, 6) is 0.503. The van der Waals surface area contributed by atoms with Gasteiger partial charge in [-0.05, 0) is 46.3 Å². The van der Waals surface area contributed by atoms with E-state index in [2.05, 4.69) is 25.9 Å². The first-order valence-electron chi connectivity index (χ1n) is 6.29. The van der Waals surface area contributed by atoms with Gasteiger partial charge < -0.3 is 10.7 Å². The van der Waals surface area contributed by atoms with Crippen molar-refractivity contribution in [1.29, 1.82) is 0 Å². The number of aromatic amines is 1. The summed E-state index contributed by atoms with van der Waals surface area (Å²) in [6.07, 6.45) is 0. The average Bonchev–Trinajstić information content (AvgIpc) is 2.46. The van der Waals surface area contributed by atoms with Crippen LogP contribution in [0.25, 0.3) is 11.0 Å². The summed E-state index contributed by atoms with van der Waals surface area (Å²) in [7, 11) is 0. The van der Waals surface area contributed by atoms with Crippen LogP contribution in [0.15, 0.2) is 56.6 Å². The van der Waals surface area contributed by atoms with Crippen molar-refractivity contribution in [2.45, 2.75) is 10.6 Å². The molecule has 0 unspecified atom stereocenters. The minimum absolute atomic E-state index is 0.146. The van der Waals surface area contributed by atoms with Crippen LogP contribution >= 0.6 is 27.7 Å². The predicted molar refractivity (Wildman–Crippen MR) is 90.5 cm³/mol. The second-order valence-corrected chi connectivity index (χ2v) is 6.38. The van der Waals surface area contributed by atoms with Crippen molar-refractivity contribution >= 4 is 44.4 Å². The van der Waals surface area contributed by atoms with E-state index in [0.29, 0.717) is 17.1 Å². The van der Waals surface area contributed by atoms with Gasteiger partial charge in [0.15, 0.2) is 0 Å². The van der Waals surface area contributed by atoms with Gasteiger partial charge in [-0.25, -0.2) is 4.98 Å². The summed E-state index contributed by atoms with van der Waals surface area (Å²) >= 11 is 5.02. The maximum absolute atomic E-state index is 12.0. The van der Waals surface area contributed by atoms with E-state index in [1.807, 2.05) is 42.5 Å². The molecule has 0 aliphatic rings. The topological polar surface area (TPSA) is 71.8 Å². The molecule has 2 aromatic carbocycles. The number of nitrogens with zero attached hydrogens (tertiary/aromatic N) is 1. The zero-order chi connectivity index (χ0) is 14.8. The molecule has 106 valence electrons. The highest BCUT2D eigenvalue weighted by Crippen LogP contribution is 2.30. The smallest absolute Gasteiger partial charge is 0.271 e. The van der Waals surface area contributed by atoms with Crippen molar-refractivity contribution in [2.24, 2.45) is 0 Å². The van der Waals surface area contributed by atoms with E-state index in [1.54, 1.807) is 11.8 Å². The molecule has 0 spiro atoms. The summed E-state index contributed by atoms with van der Waals surface area (Å²) in [6, 6.07) is 13.1. The lowest BCUT2D eigenvalue weighted by Gasteiger charge is -2.05. The highest BCUT2D eigenvalue weighted by Gasteiger charge is 2.07. The van der Waals surface area contributed by atoms with Crippen LogP contribution in [0, 0.1) is 0 Å². The molecule has 0 atom stereocenters. The van der Waals surface area contributed by atoms with Crippen molar-refractivity contribution in [1.82, 2.24) is 9.97 Å². The molecular weight excluding hydrogens is 350 g/mol. The number of H-pyrrole nitrogens is 1. The molecule has 0 aliphatic heterocycles. The van der Waals surface area contributed by atoms with Crippen molar-refractivity contribution in [3.8, 4) is 0 Å². The maximum atomic E-state index is 12.0. The first-order chi connectivity index (χ1) is 10.1. The molecule has 0 saturated heterocycles. The van der Waals surface area contributed by atoms with Gasteiger partial charge in [-0.2, -0.15) is 0 Å². The number of thioether (sulfide) groups is 1. The van der Waals surface area contributed by atoms with Crippen molar-refractivity contribution in [3.05, 3.63) is 63.0 Å². The number of nitrogens with two attached hydrogens (primary N) is 1. The molecule has 0 radical (unpaired) electrons. The Morgan fingerprint density at radius 3 is 2.86 bits per heavy atom. The normalized spacial score (nSPS) is 10.9. The van der Waals surface area contributed by atoms with Gasteiger partial charge in [0.1, 0.15) is 5.69 Å². The molecule has 0 bridgehead atoms. The quantitative estimate of drug-likeness (QED) is 0.552. The Morgan fingerprint density at radius 2 is 2.05 bits per heavy atom. The maximum Gasteiger partial charge on any atom is 0.271 e. The molecule has 3 N–H and O–H groups in total. The van der Waals surface area contributed by atoms with Gasteiger partial charge >= 0.3 is 0 Å². The SMILES string of the molecule is Nc1ccc(SCc2nc3ccccc3[nH]c2=O)c(Br)c1. The monoisotopic (exact) mass is 361 g/mol. The van der Waals surface area contributed by atoms with Crippen molar-refractivity contribution in [2.75, 3.05) is 5.73 Å². The number of hydrogen-bond acceptors (Lipinski definition) is 4. The molecule has 3 rings (SSSR count). The van der Waals surface area contributed by atoms with E-state index in [9.17, 15) is 4.79 Å². The van der Waals surface area contributed by atoms with Crippen LogP contribution < -0.4 is 11.3 Å². The third kappa shape index (κ3) is 3.11. The first kappa shape index (κ1) is 14.2. The molecular formula is C15H12BrN3OS. The van der Waals surface area contributed by atoms with Crippen LogP contribution in [0.1, 0.15) is 5.69 Å². The van der Waals surface area contributed by atoms with Crippen molar-refractivity contribution in [3.63, 3.8) is 0 Å². The molecule has 0 amide bonds. The zero-order valence-electron chi connectivity index (χ0n) is 11.0. The van der Waals surface area contributed by atoms with E-state index in [1.165, 1.54) is 0 Å². The summed E-state index contributed by atoms with van der Waals surface area (Å²) in [4.78, 5) is 20.3. The van der Waals surface area contributed by atoms with E-state index in [-0.39, 0.29) is 5.56 Å². The fourth-order valence-electron chi connectivity index (χ4n) is 1.95. The second kappa shape index (κ2) is 5.91. The van der Waals surface area contributed by atoms with Crippen LogP contribution in [0.5, 0.6) is 0 Å². The number of fused-ring (bicyclic) bond motifs is 1. The third-order valence-corrected chi connectivity index (χ3v) is 4.99.